The van der Waals surface area contributed by atoms with Crippen LogP contribution in [-0.4, -0.2) is 7.11 Å². The lowest BCUT2D eigenvalue weighted by atomic mass is 9.97. The van der Waals surface area contributed by atoms with Gasteiger partial charge < -0.3 is 4.74 Å². The highest BCUT2D eigenvalue weighted by Crippen LogP contribution is 2.19. The average Bonchev–Trinajstić information content (AvgIpc) is 2.16. The summed E-state index contributed by atoms with van der Waals surface area (Å²) in [5.74, 6) is 0.882. The fraction of sp³-hybridized carbons (Fsp3) is 0.357. The molecular weight excluding hydrogens is 184 g/mol. The van der Waals surface area contributed by atoms with Crippen molar-refractivity contribution in [3.8, 4) is 5.75 Å². The Bertz CT molecular complexity index is 377. The summed E-state index contributed by atoms with van der Waals surface area (Å²) < 4.78 is 5.24. The number of hydrogen-bond acceptors (Lipinski definition) is 1. The zero-order valence-electron chi connectivity index (χ0n) is 9.87. The van der Waals surface area contributed by atoms with Crippen LogP contribution in [0, 0.1) is 5.41 Å². The SMILES string of the molecule is COc1ccccc1C=C=CC(C)(C)C. The summed E-state index contributed by atoms with van der Waals surface area (Å²) in [7, 11) is 1.68. The number of rotatable bonds is 2. The Morgan fingerprint density at radius 2 is 1.87 bits per heavy atom. The van der Waals surface area contributed by atoms with E-state index in [9.17, 15) is 0 Å². The van der Waals surface area contributed by atoms with Gasteiger partial charge >= 0.3 is 0 Å². The molecule has 0 fully saturated rings. The van der Waals surface area contributed by atoms with E-state index in [1.54, 1.807) is 7.11 Å². The molecule has 1 rings (SSSR count). The fourth-order valence-corrected chi connectivity index (χ4v) is 1.17. The molecule has 0 atom stereocenters. The molecule has 0 aromatic heterocycles. The van der Waals surface area contributed by atoms with Crippen molar-refractivity contribution in [3.05, 3.63) is 41.6 Å². The maximum Gasteiger partial charge on any atom is 0.126 e. The molecule has 0 N–H and O–H groups in total. The smallest absolute Gasteiger partial charge is 0.126 e. The molecule has 80 valence electrons. The quantitative estimate of drug-likeness (QED) is 0.661. The first kappa shape index (κ1) is 11.6. The van der Waals surface area contributed by atoms with Crippen LogP contribution in [0.3, 0.4) is 0 Å². The third kappa shape index (κ3) is 4.05. The van der Waals surface area contributed by atoms with Crippen molar-refractivity contribution < 1.29 is 4.74 Å². The van der Waals surface area contributed by atoms with Crippen LogP contribution in [0.25, 0.3) is 6.08 Å². The minimum absolute atomic E-state index is 0.165. The average molecular weight is 202 g/mol. The lowest BCUT2D eigenvalue weighted by Gasteiger charge is -2.08. The molecule has 0 spiro atoms. The first-order valence-corrected chi connectivity index (χ1v) is 5.09. The van der Waals surface area contributed by atoms with Crippen LogP contribution >= 0.6 is 0 Å². The van der Waals surface area contributed by atoms with E-state index in [1.807, 2.05) is 30.3 Å². The van der Waals surface area contributed by atoms with E-state index in [2.05, 4.69) is 32.6 Å². The zero-order chi connectivity index (χ0) is 11.3. The predicted octanol–water partition coefficient (Wildman–Crippen LogP) is 3.91. The Labute approximate surface area is 92.1 Å². The van der Waals surface area contributed by atoms with Crippen molar-refractivity contribution in [2.75, 3.05) is 7.11 Å². The van der Waals surface area contributed by atoms with Crippen LogP contribution < -0.4 is 4.74 Å². The van der Waals surface area contributed by atoms with Crippen LogP contribution in [0.5, 0.6) is 5.75 Å². The highest BCUT2D eigenvalue weighted by molar-refractivity contribution is 5.56. The van der Waals surface area contributed by atoms with Crippen LogP contribution in [0.15, 0.2) is 36.1 Å². The largest absolute Gasteiger partial charge is 0.496 e. The van der Waals surface area contributed by atoms with Gasteiger partial charge in [-0.15, -0.1) is 5.73 Å². The highest BCUT2D eigenvalue weighted by Gasteiger charge is 2.02. The van der Waals surface area contributed by atoms with Crippen molar-refractivity contribution in [3.63, 3.8) is 0 Å². The Morgan fingerprint density at radius 3 is 2.47 bits per heavy atom. The van der Waals surface area contributed by atoms with Gasteiger partial charge in [-0.05, 0) is 23.6 Å². The second-order valence-corrected chi connectivity index (χ2v) is 4.56. The molecule has 0 aliphatic heterocycles. The Balaban J connectivity index is 2.94. The first-order chi connectivity index (χ1) is 7.03. The van der Waals surface area contributed by atoms with Gasteiger partial charge in [0.05, 0.1) is 7.11 Å². The second kappa shape index (κ2) is 4.86. The molecule has 0 aliphatic carbocycles. The third-order valence-electron chi connectivity index (χ3n) is 1.89. The van der Waals surface area contributed by atoms with E-state index in [0.29, 0.717) is 0 Å². The molecule has 0 amide bonds. The van der Waals surface area contributed by atoms with E-state index in [1.165, 1.54) is 0 Å². The zero-order valence-corrected chi connectivity index (χ0v) is 9.87. The second-order valence-electron chi connectivity index (χ2n) is 4.56. The number of hydrogen-bond donors (Lipinski definition) is 0. The number of ether oxygens (including phenoxy) is 1. The van der Waals surface area contributed by atoms with Gasteiger partial charge in [0.1, 0.15) is 5.75 Å². The fourth-order valence-electron chi connectivity index (χ4n) is 1.17. The van der Waals surface area contributed by atoms with Gasteiger partial charge in [-0.25, -0.2) is 0 Å². The first-order valence-electron chi connectivity index (χ1n) is 5.09. The number of para-hydroxylation sites is 1. The molecule has 0 aliphatic rings. The standard InChI is InChI=1S/C14H18O/c1-14(2,3)11-7-9-12-8-5-6-10-13(12)15-4/h5-6,8-11H,1-4H3. The molecule has 0 bridgehead atoms. The minimum Gasteiger partial charge on any atom is -0.496 e. The van der Waals surface area contributed by atoms with Crippen molar-refractivity contribution in [1.82, 2.24) is 0 Å². The summed E-state index contributed by atoms with van der Waals surface area (Å²) in [4.78, 5) is 0. The normalized spacial score (nSPS) is 10.4. The topological polar surface area (TPSA) is 9.23 Å². The molecule has 0 saturated heterocycles. The number of methoxy groups -OCH3 is 1. The van der Waals surface area contributed by atoms with E-state index in [0.717, 1.165) is 11.3 Å². The summed E-state index contributed by atoms with van der Waals surface area (Å²) in [6.07, 6.45) is 4.00. The predicted molar refractivity (Wildman–Crippen MR) is 65.0 cm³/mol. The summed E-state index contributed by atoms with van der Waals surface area (Å²) in [5, 5.41) is 0. The van der Waals surface area contributed by atoms with Crippen LogP contribution in [0.1, 0.15) is 26.3 Å². The van der Waals surface area contributed by atoms with Gasteiger partial charge in [-0.3, -0.25) is 0 Å². The van der Waals surface area contributed by atoms with Crippen molar-refractivity contribution in [2.24, 2.45) is 5.41 Å². The summed E-state index contributed by atoms with van der Waals surface area (Å²) in [6, 6.07) is 7.92. The van der Waals surface area contributed by atoms with E-state index in [4.69, 9.17) is 4.74 Å². The lowest BCUT2D eigenvalue weighted by Crippen LogP contribution is -1.97. The number of benzene rings is 1. The molecule has 0 heterocycles. The maximum atomic E-state index is 5.24. The van der Waals surface area contributed by atoms with Crippen LogP contribution in [0.2, 0.25) is 0 Å². The van der Waals surface area contributed by atoms with E-state index in [-0.39, 0.29) is 5.41 Å². The van der Waals surface area contributed by atoms with Crippen molar-refractivity contribution >= 4 is 6.08 Å². The molecule has 1 heteroatoms. The summed E-state index contributed by atoms with van der Waals surface area (Å²) >= 11 is 0. The van der Waals surface area contributed by atoms with Crippen LogP contribution in [0.4, 0.5) is 0 Å². The molecule has 0 saturated carbocycles. The van der Waals surface area contributed by atoms with E-state index >= 15 is 0 Å². The lowest BCUT2D eigenvalue weighted by molar-refractivity contribution is 0.414. The van der Waals surface area contributed by atoms with Gasteiger partial charge in [0, 0.05) is 5.56 Å². The molecule has 1 nitrogen and oxygen atoms in total. The van der Waals surface area contributed by atoms with Gasteiger partial charge in [0.15, 0.2) is 0 Å². The van der Waals surface area contributed by atoms with Gasteiger partial charge in [0.2, 0.25) is 0 Å². The molecule has 0 radical (unpaired) electrons. The molecule has 1 aromatic carbocycles. The maximum absolute atomic E-state index is 5.24. The summed E-state index contributed by atoms with van der Waals surface area (Å²) in [5.41, 5.74) is 4.41. The highest BCUT2D eigenvalue weighted by atomic mass is 16.5. The number of allylic oxidation sites excluding steroid dienone is 1. The van der Waals surface area contributed by atoms with Gasteiger partial charge in [0.25, 0.3) is 0 Å². The van der Waals surface area contributed by atoms with Gasteiger partial charge in [-0.2, -0.15) is 0 Å². The summed E-state index contributed by atoms with van der Waals surface area (Å²) in [6.45, 7) is 6.45. The molecule has 15 heavy (non-hydrogen) atoms. The van der Waals surface area contributed by atoms with Crippen LogP contribution in [-0.2, 0) is 0 Å². The third-order valence-corrected chi connectivity index (χ3v) is 1.89. The minimum atomic E-state index is 0.165. The van der Waals surface area contributed by atoms with E-state index < -0.39 is 0 Å². The van der Waals surface area contributed by atoms with Crippen molar-refractivity contribution in [2.45, 2.75) is 20.8 Å². The Hall–Kier alpha value is -1.46. The molecule has 1 aromatic rings. The monoisotopic (exact) mass is 202 g/mol. The van der Waals surface area contributed by atoms with Gasteiger partial charge in [-0.1, -0.05) is 39.0 Å². The Morgan fingerprint density at radius 1 is 1.20 bits per heavy atom. The molecule has 0 unspecified atom stereocenters. The Kier molecular flexibility index (Phi) is 3.76. The molecular formula is C14H18O. The van der Waals surface area contributed by atoms with Crippen molar-refractivity contribution in [1.29, 1.82) is 0 Å².